The molecule has 0 fully saturated rings. The van der Waals surface area contributed by atoms with Crippen LogP contribution >= 0.6 is 0 Å². The van der Waals surface area contributed by atoms with Crippen LogP contribution in [0.15, 0.2) is 217 Å². The zero-order valence-corrected chi connectivity index (χ0v) is 30.6. The smallest absolute Gasteiger partial charge is 0.137 e. The van der Waals surface area contributed by atoms with Gasteiger partial charge in [-0.25, -0.2) is 0 Å². The fraction of sp³-hybridized carbons (Fsp3) is 0. The Morgan fingerprint density at radius 2 is 0.786 bits per heavy atom. The van der Waals surface area contributed by atoms with Gasteiger partial charge in [0.1, 0.15) is 11.2 Å². The normalized spacial score (nSPS) is 11.6. The number of hydrogen-bond donors (Lipinski definition) is 0. The van der Waals surface area contributed by atoms with Crippen LogP contribution in [-0.4, -0.2) is 0 Å². The van der Waals surface area contributed by atoms with Crippen molar-refractivity contribution in [2.45, 2.75) is 0 Å². The van der Waals surface area contributed by atoms with E-state index in [1.54, 1.807) is 0 Å². The van der Waals surface area contributed by atoms with Crippen LogP contribution in [0, 0.1) is 0 Å². The molecule has 0 atom stereocenters. The maximum absolute atomic E-state index is 6.38. The summed E-state index contributed by atoms with van der Waals surface area (Å²) in [6.45, 7) is 0. The topological polar surface area (TPSA) is 16.4 Å². The van der Waals surface area contributed by atoms with Gasteiger partial charge in [-0.1, -0.05) is 158 Å². The second kappa shape index (κ2) is 13.2. The highest BCUT2D eigenvalue weighted by molar-refractivity contribution is 6.22. The number of hydrogen-bond acceptors (Lipinski definition) is 2. The average molecular weight is 714 g/mol. The van der Waals surface area contributed by atoms with Gasteiger partial charge in [0.2, 0.25) is 0 Å². The standard InChI is InChI=1S/C54H35NO/c1-3-14-38(15-4-1)53-49-21-10-9-19-45(49)46-31-26-41(34-50(46)54(53)39-16-5-2-6-17-39)37-23-27-42(28-24-37)55(43-29-25-36-13-7-8-18-40(36)33-43)44-30-32-48-47-20-11-12-22-51(47)56-52(48)35-44/h1-35H. The first kappa shape index (κ1) is 32.0. The summed E-state index contributed by atoms with van der Waals surface area (Å²) < 4.78 is 6.38. The van der Waals surface area contributed by atoms with Crippen molar-refractivity contribution < 1.29 is 4.42 Å². The van der Waals surface area contributed by atoms with E-state index in [-0.39, 0.29) is 0 Å². The fourth-order valence-electron chi connectivity index (χ4n) is 8.60. The van der Waals surface area contributed by atoms with E-state index in [4.69, 9.17) is 4.42 Å². The van der Waals surface area contributed by atoms with Gasteiger partial charge in [-0.05, 0) is 114 Å². The summed E-state index contributed by atoms with van der Waals surface area (Å²) in [5.74, 6) is 0. The molecule has 0 bridgehead atoms. The largest absolute Gasteiger partial charge is 0.456 e. The van der Waals surface area contributed by atoms with Crippen molar-refractivity contribution in [3.8, 4) is 33.4 Å². The number of anilines is 3. The highest BCUT2D eigenvalue weighted by Gasteiger charge is 2.19. The predicted molar refractivity (Wildman–Crippen MR) is 237 cm³/mol. The van der Waals surface area contributed by atoms with E-state index in [9.17, 15) is 0 Å². The van der Waals surface area contributed by atoms with Crippen LogP contribution in [0.2, 0.25) is 0 Å². The van der Waals surface area contributed by atoms with Gasteiger partial charge in [0.15, 0.2) is 0 Å². The van der Waals surface area contributed by atoms with Crippen LogP contribution < -0.4 is 4.90 Å². The Kier molecular flexibility index (Phi) is 7.53. The maximum atomic E-state index is 6.38. The summed E-state index contributed by atoms with van der Waals surface area (Å²) in [4.78, 5) is 2.33. The molecule has 0 saturated heterocycles. The number of fused-ring (bicyclic) bond motifs is 7. The summed E-state index contributed by atoms with van der Waals surface area (Å²) in [6, 6.07) is 76.5. The minimum Gasteiger partial charge on any atom is -0.456 e. The number of rotatable bonds is 6. The second-order valence-electron chi connectivity index (χ2n) is 14.5. The minimum absolute atomic E-state index is 0.874. The summed E-state index contributed by atoms with van der Waals surface area (Å²) in [5.41, 5.74) is 12.3. The molecule has 2 heteroatoms. The maximum Gasteiger partial charge on any atom is 0.137 e. The molecule has 0 radical (unpaired) electrons. The monoisotopic (exact) mass is 713 g/mol. The van der Waals surface area contributed by atoms with E-state index in [2.05, 4.69) is 205 Å². The van der Waals surface area contributed by atoms with Crippen LogP contribution in [0.25, 0.3) is 87.6 Å². The number of para-hydroxylation sites is 1. The highest BCUT2D eigenvalue weighted by atomic mass is 16.3. The Balaban J connectivity index is 1.08. The lowest BCUT2D eigenvalue weighted by atomic mass is 9.84. The molecule has 0 N–H and O–H groups in total. The molecule has 0 saturated carbocycles. The number of benzene rings is 10. The zero-order chi connectivity index (χ0) is 37.0. The lowest BCUT2D eigenvalue weighted by Crippen LogP contribution is -2.09. The Morgan fingerprint density at radius 1 is 0.268 bits per heavy atom. The Bertz CT molecular complexity index is 3230. The first-order valence-electron chi connectivity index (χ1n) is 19.2. The zero-order valence-electron chi connectivity index (χ0n) is 30.6. The minimum atomic E-state index is 0.874. The van der Waals surface area contributed by atoms with Gasteiger partial charge in [-0.15, -0.1) is 0 Å². The van der Waals surface area contributed by atoms with Crippen LogP contribution in [0.3, 0.4) is 0 Å². The van der Waals surface area contributed by atoms with E-state index in [1.165, 1.54) is 60.1 Å². The molecule has 56 heavy (non-hydrogen) atoms. The van der Waals surface area contributed by atoms with Crippen LogP contribution in [0.1, 0.15) is 0 Å². The molecule has 0 aliphatic rings. The van der Waals surface area contributed by atoms with Crippen molar-refractivity contribution in [1.82, 2.24) is 0 Å². The van der Waals surface area contributed by atoms with E-state index < -0.39 is 0 Å². The Hall–Kier alpha value is -7.42. The molecule has 2 nitrogen and oxygen atoms in total. The van der Waals surface area contributed by atoms with Crippen molar-refractivity contribution >= 4 is 71.3 Å². The SMILES string of the molecule is c1ccc(-c2c(-c3ccccc3)c3cc(-c4ccc(N(c5ccc6ccccc6c5)c5ccc6c(c5)oc5ccccc56)cc4)ccc3c3ccccc23)cc1. The van der Waals surface area contributed by atoms with E-state index in [0.717, 1.165) is 44.6 Å². The van der Waals surface area contributed by atoms with Crippen molar-refractivity contribution in [3.05, 3.63) is 212 Å². The van der Waals surface area contributed by atoms with E-state index in [1.807, 2.05) is 12.1 Å². The fourth-order valence-corrected chi connectivity index (χ4v) is 8.60. The Morgan fingerprint density at radius 3 is 1.55 bits per heavy atom. The average Bonchev–Trinajstić information content (AvgIpc) is 3.64. The highest BCUT2D eigenvalue weighted by Crippen LogP contribution is 2.46. The molecule has 0 amide bonds. The first-order valence-corrected chi connectivity index (χ1v) is 19.2. The van der Waals surface area contributed by atoms with Crippen LogP contribution in [0.5, 0.6) is 0 Å². The molecule has 1 aromatic heterocycles. The van der Waals surface area contributed by atoms with Crippen molar-refractivity contribution in [2.75, 3.05) is 4.90 Å². The predicted octanol–water partition coefficient (Wildman–Crippen LogP) is 15.5. The third-order valence-corrected chi connectivity index (χ3v) is 11.2. The summed E-state index contributed by atoms with van der Waals surface area (Å²) in [5, 5.41) is 9.68. The van der Waals surface area contributed by atoms with Gasteiger partial charge < -0.3 is 9.32 Å². The molecule has 1 heterocycles. The molecular formula is C54H35NO. The van der Waals surface area contributed by atoms with Crippen molar-refractivity contribution in [3.63, 3.8) is 0 Å². The van der Waals surface area contributed by atoms with Crippen LogP contribution in [0.4, 0.5) is 17.1 Å². The van der Waals surface area contributed by atoms with Gasteiger partial charge in [-0.3, -0.25) is 0 Å². The van der Waals surface area contributed by atoms with Gasteiger partial charge in [-0.2, -0.15) is 0 Å². The first-order chi connectivity index (χ1) is 27.8. The second-order valence-corrected chi connectivity index (χ2v) is 14.5. The molecule has 0 aliphatic heterocycles. The molecule has 0 aliphatic carbocycles. The van der Waals surface area contributed by atoms with Gasteiger partial charge >= 0.3 is 0 Å². The Labute approximate surface area is 325 Å². The van der Waals surface area contributed by atoms with Crippen LogP contribution in [-0.2, 0) is 0 Å². The molecule has 10 aromatic carbocycles. The molecule has 0 spiro atoms. The van der Waals surface area contributed by atoms with Gasteiger partial charge in [0.05, 0.1) is 0 Å². The lowest BCUT2D eigenvalue weighted by Gasteiger charge is -2.26. The number of furan rings is 1. The quantitative estimate of drug-likeness (QED) is 0.160. The van der Waals surface area contributed by atoms with E-state index in [0.29, 0.717) is 0 Å². The molecule has 0 unspecified atom stereocenters. The van der Waals surface area contributed by atoms with Gasteiger partial charge in [0, 0.05) is 33.9 Å². The summed E-state index contributed by atoms with van der Waals surface area (Å²) >= 11 is 0. The van der Waals surface area contributed by atoms with Crippen molar-refractivity contribution in [2.24, 2.45) is 0 Å². The lowest BCUT2D eigenvalue weighted by molar-refractivity contribution is 0.669. The molecular weight excluding hydrogens is 679 g/mol. The summed E-state index contributed by atoms with van der Waals surface area (Å²) in [7, 11) is 0. The van der Waals surface area contributed by atoms with Crippen molar-refractivity contribution in [1.29, 1.82) is 0 Å². The third-order valence-electron chi connectivity index (χ3n) is 11.2. The number of nitrogens with zero attached hydrogens (tertiary/aromatic N) is 1. The molecule has 11 rings (SSSR count). The molecule has 262 valence electrons. The van der Waals surface area contributed by atoms with E-state index >= 15 is 0 Å². The van der Waals surface area contributed by atoms with Gasteiger partial charge in [0.25, 0.3) is 0 Å². The molecule has 11 aromatic rings. The third kappa shape index (κ3) is 5.34. The summed E-state index contributed by atoms with van der Waals surface area (Å²) in [6.07, 6.45) is 0.